The third-order valence-electron chi connectivity index (χ3n) is 1.80. The van der Waals surface area contributed by atoms with Gasteiger partial charge in [-0.25, -0.2) is 17.2 Å². The fourth-order valence-corrected chi connectivity index (χ4v) is 1.13. The Bertz CT molecular complexity index is 638. The molecule has 0 aliphatic heterocycles. The third-order valence-corrected chi connectivity index (χ3v) is 1.80. The van der Waals surface area contributed by atoms with Crippen molar-refractivity contribution in [3.8, 4) is 0 Å². The van der Waals surface area contributed by atoms with Crippen molar-refractivity contribution in [1.29, 1.82) is 0 Å². The van der Waals surface area contributed by atoms with E-state index in [-0.39, 0.29) is 226 Å². The quantitative estimate of drug-likeness (QED) is 0.0983. The van der Waals surface area contributed by atoms with Crippen LogP contribution in [0.15, 0.2) is 30.6 Å². The maximum atomic E-state index is 9.00. The largest absolute Gasteiger partial charge is 1.00 e. The molecule has 0 fully saturated rings. The summed E-state index contributed by atoms with van der Waals surface area (Å²) in [5.74, 6) is 0. The number of hydrogen-bond donors (Lipinski definition) is 4. The van der Waals surface area contributed by atoms with E-state index >= 15 is 0 Å². The van der Waals surface area contributed by atoms with Gasteiger partial charge in [0.05, 0.1) is 29.5 Å². The van der Waals surface area contributed by atoms with Crippen LogP contribution >= 0.6 is 13.5 Å². The van der Waals surface area contributed by atoms with Crippen LogP contribution in [0.4, 0.5) is 0 Å². The van der Waals surface area contributed by atoms with E-state index in [1.54, 1.807) is 0 Å². The maximum Gasteiger partial charge on any atom is 1.00 e. The molecule has 0 aromatic carbocycles. The van der Waals surface area contributed by atoms with Gasteiger partial charge in [0.1, 0.15) is 6.54 Å². The van der Waals surface area contributed by atoms with Crippen molar-refractivity contribution in [2.45, 2.75) is 55.0 Å². The molecular formula is C14H37ClNNa6O10S6+3. The van der Waals surface area contributed by atoms with E-state index in [9.17, 15) is 0 Å². The first-order valence-electron chi connectivity index (χ1n) is 6.70. The van der Waals surface area contributed by atoms with Gasteiger partial charge >= 0.3 is 177 Å². The van der Waals surface area contributed by atoms with Crippen LogP contribution in [0.5, 0.6) is 0 Å². The Hall–Kier alpha value is 6.40. The fraction of sp³-hybridized carbons (Fsp3) is 0.643. The summed E-state index contributed by atoms with van der Waals surface area (Å²) in [4.78, 5) is 0. The number of aryl methyl sites for hydroxylation is 1. The number of pyridine rings is 1. The molecule has 1 rings (SSSR count). The molecule has 1 aromatic rings. The minimum absolute atomic E-state index is 0. The van der Waals surface area contributed by atoms with Crippen molar-refractivity contribution < 1.29 is 239 Å². The first-order valence-corrected chi connectivity index (χ1v) is 12.5. The molecule has 204 valence electrons. The predicted octanol–water partition coefficient (Wildman–Crippen LogP) is -19.2. The summed E-state index contributed by atoms with van der Waals surface area (Å²) in [5.41, 5.74) is 0. The number of aliphatic hydroxyl groups is 1. The van der Waals surface area contributed by atoms with Crippen LogP contribution in [-0.2, 0) is 58.4 Å². The van der Waals surface area contributed by atoms with Gasteiger partial charge in [0, 0.05) is 25.7 Å². The SMILES string of the molecule is C.C.C.CCCCC[n+]1ccccc1.CO.O=S([O-])(O)=S.O=S([O-])(O)=S.O=S([O-])O.S.[Cl-].[Na+].[Na+].[Na+].[Na+].[Na+].[Na+]. The van der Waals surface area contributed by atoms with Crippen molar-refractivity contribution in [3.05, 3.63) is 30.6 Å². The van der Waals surface area contributed by atoms with Crippen molar-refractivity contribution in [3.63, 3.8) is 0 Å². The first-order chi connectivity index (χ1) is 12.2. The number of rotatable bonds is 4. The van der Waals surface area contributed by atoms with Gasteiger partial charge in [-0.05, 0) is 28.8 Å². The number of halogens is 1. The minimum Gasteiger partial charge on any atom is -1.00 e. The van der Waals surface area contributed by atoms with Gasteiger partial charge in [0.2, 0.25) is 0 Å². The molecule has 0 aliphatic rings. The summed E-state index contributed by atoms with van der Waals surface area (Å²) in [5, 5.41) is 7.00. The van der Waals surface area contributed by atoms with Crippen molar-refractivity contribution >= 4 is 65.3 Å². The zero-order chi connectivity index (χ0) is 22.5. The van der Waals surface area contributed by atoms with Crippen LogP contribution in [0, 0.1) is 0 Å². The zero-order valence-corrected chi connectivity index (χ0v) is 39.2. The van der Waals surface area contributed by atoms with Crippen LogP contribution in [0.2, 0.25) is 0 Å². The molecule has 0 saturated heterocycles. The zero-order valence-electron chi connectivity index (χ0n) is 21.3. The van der Waals surface area contributed by atoms with Gasteiger partial charge in [-0.3, -0.25) is 0 Å². The van der Waals surface area contributed by atoms with Gasteiger partial charge in [-0.2, -0.15) is 13.5 Å². The standard InChI is InChI=1S/C10H16N.CH4O.3CH4.ClH.6Na.2H2O3S2.H2O3S.H2S/c1-2-3-5-8-11-9-6-4-7-10-11;1-2;;;;;;;;;;;2*1-5(2,3)4;1-4(2)3;/h4,6-7,9-10H,2-3,5,8H2,1H3;2H,1H3;3*1H4;1H;;;;;;;2*(H2,1,2,3,4);(H2,1,2,3);1H2/q+1;;;;;;6*+1;;;;/p-4. The minimum atomic E-state index is -4.08. The third kappa shape index (κ3) is 193. The summed E-state index contributed by atoms with van der Waals surface area (Å²) in [6, 6.07) is 6.20. The van der Waals surface area contributed by atoms with Crippen LogP contribution in [-0.4, -0.2) is 52.2 Å². The predicted molar refractivity (Wildman–Crippen MR) is 134 cm³/mol. The van der Waals surface area contributed by atoms with Gasteiger partial charge in [-0.15, -0.1) is 0 Å². The molecule has 1 heterocycles. The molecule has 0 saturated carbocycles. The maximum absolute atomic E-state index is 9.00. The fourth-order valence-electron chi connectivity index (χ4n) is 1.13. The van der Waals surface area contributed by atoms with Crippen LogP contribution < -0.4 is 194 Å². The van der Waals surface area contributed by atoms with Crippen LogP contribution in [0.1, 0.15) is 48.5 Å². The van der Waals surface area contributed by atoms with Crippen molar-refractivity contribution in [2.24, 2.45) is 0 Å². The van der Waals surface area contributed by atoms with Gasteiger partial charge in [0.25, 0.3) is 0 Å². The summed E-state index contributed by atoms with van der Waals surface area (Å²) in [7, 11) is -7.17. The molecule has 11 nitrogen and oxygen atoms in total. The summed E-state index contributed by atoms with van der Waals surface area (Å²) < 4.78 is 76.9. The molecular weight excluding hydrogens is 708 g/mol. The van der Waals surface area contributed by atoms with E-state index in [0.717, 1.165) is 13.7 Å². The smallest absolute Gasteiger partial charge is 1.00 e. The average Bonchev–Trinajstić information content (AvgIpc) is 2.47. The normalized spacial score (nSPS) is 10.2. The van der Waals surface area contributed by atoms with Gasteiger partial charge < -0.3 is 44.8 Å². The Labute approximate surface area is 389 Å². The molecule has 3 atom stereocenters. The molecule has 3 unspecified atom stereocenters. The molecule has 0 amide bonds. The topological polar surface area (TPSA) is 205 Å². The first kappa shape index (κ1) is 96.8. The number of aromatic nitrogens is 1. The van der Waals surface area contributed by atoms with E-state index in [4.69, 9.17) is 45.0 Å². The van der Waals surface area contributed by atoms with E-state index in [2.05, 4.69) is 64.5 Å². The van der Waals surface area contributed by atoms with Crippen molar-refractivity contribution in [1.82, 2.24) is 0 Å². The monoisotopic (exact) mass is 744 g/mol. The number of aliphatic hydroxyl groups excluding tert-OH is 1. The molecule has 0 bridgehead atoms. The summed E-state index contributed by atoms with van der Waals surface area (Å²) in [6.07, 6.45) is 8.17. The molecule has 0 aliphatic carbocycles. The van der Waals surface area contributed by atoms with Crippen LogP contribution in [0.3, 0.4) is 0 Å². The van der Waals surface area contributed by atoms with Gasteiger partial charge in [-0.1, -0.05) is 41.7 Å². The Morgan fingerprint density at radius 3 is 1.21 bits per heavy atom. The number of hydrogen-bond acceptors (Lipinski definition) is 9. The Morgan fingerprint density at radius 1 is 0.816 bits per heavy atom. The molecule has 4 N–H and O–H groups in total. The molecule has 0 spiro atoms. The summed E-state index contributed by atoms with van der Waals surface area (Å²) in [6.45, 7) is 3.39. The van der Waals surface area contributed by atoms with Crippen LogP contribution in [0.25, 0.3) is 0 Å². The van der Waals surface area contributed by atoms with Crippen molar-refractivity contribution in [2.75, 3.05) is 7.11 Å². The van der Waals surface area contributed by atoms with E-state index in [1.165, 1.54) is 19.3 Å². The van der Waals surface area contributed by atoms with E-state index in [0.29, 0.717) is 0 Å². The second-order valence-electron chi connectivity index (χ2n) is 3.89. The number of nitrogens with zero attached hydrogens (tertiary/aromatic N) is 1. The van der Waals surface area contributed by atoms with E-state index in [1.807, 2.05) is 0 Å². The Morgan fingerprint density at radius 2 is 1.03 bits per heavy atom. The molecule has 24 heteroatoms. The second kappa shape index (κ2) is 69.9. The average molecular weight is 745 g/mol. The molecule has 0 radical (unpaired) electrons. The molecule has 38 heavy (non-hydrogen) atoms. The Balaban J connectivity index is -0.0000000135. The Kier molecular flexibility index (Phi) is 178. The summed E-state index contributed by atoms with van der Waals surface area (Å²) >= 11 is 3.85. The van der Waals surface area contributed by atoms with E-state index < -0.39 is 29.5 Å². The number of unbranched alkanes of at least 4 members (excludes halogenated alkanes) is 2. The molecule has 1 aromatic heterocycles. The second-order valence-corrected chi connectivity index (χ2v) is 8.57. The van der Waals surface area contributed by atoms with Gasteiger partial charge in [0.15, 0.2) is 12.4 Å².